The van der Waals surface area contributed by atoms with Crippen LogP contribution in [0, 0.1) is 17.8 Å². The van der Waals surface area contributed by atoms with Crippen molar-refractivity contribution in [2.75, 3.05) is 20.3 Å². The van der Waals surface area contributed by atoms with Crippen molar-refractivity contribution < 1.29 is 63.0 Å². The molecule has 1 saturated heterocycles. The van der Waals surface area contributed by atoms with Crippen LogP contribution < -0.4 is 10.1 Å². The van der Waals surface area contributed by atoms with Crippen molar-refractivity contribution in [1.29, 1.82) is 0 Å². The zero-order chi connectivity index (χ0) is 37.4. The molecule has 0 spiro atoms. The molecular weight excluding hydrogens is 678 g/mol. The molecule has 3 aromatic rings. The molecule has 0 bridgehead atoms. The second-order valence-electron chi connectivity index (χ2n) is 12.7. The van der Waals surface area contributed by atoms with E-state index in [0.29, 0.717) is 24.7 Å². The number of aldehydes is 1. The largest absolute Gasteiger partial charge is 0.481 e. The summed E-state index contributed by atoms with van der Waals surface area (Å²) in [6.07, 6.45) is -4.38. The van der Waals surface area contributed by atoms with E-state index in [1.165, 1.54) is 12.1 Å². The number of aryl methyl sites for hydroxylation is 1. The molecule has 0 unspecified atom stereocenters. The molecule has 4 N–H and O–H groups in total. The van der Waals surface area contributed by atoms with E-state index in [2.05, 4.69) is 17.4 Å². The Kier molecular flexibility index (Phi) is 12.2. The number of aliphatic carboxylic acids is 3. The van der Waals surface area contributed by atoms with Crippen LogP contribution in [-0.4, -0.2) is 84.2 Å². The molecule has 3 aromatic carbocycles. The highest BCUT2D eigenvalue weighted by Crippen LogP contribution is 2.45. The van der Waals surface area contributed by atoms with Crippen LogP contribution >= 0.6 is 0 Å². The minimum Gasteiger partial charge on any atom is -0.481 e. The number of methoxy groups -OCH3 is 1. The van der Waals surface area contributed by atoms with E-state index >= 15 is 0 Å². The third-order valence-electron chi connectivity index (χ3n) is 9.49. The first-order valence-corrected chi connectivity index (χ1v) is 16.7. The number of carbonyl (C=O) groups is 6. The number of carbonyl (C=O) groups excluding carboxylic acids is 3. The van der Waals surface area contributed by atoms with Crippen LogP contribution in [0.25, 0.3) is 11.1 Å². The van der Waals surface area contributed by atoms with Gasteiger partial charge in [0, 0.05) is 30.7 Å². The number of esters is 1. The second-order valence-corrected chi connectivity index (χ2v) is 12.7. The Morgan fingerprint density at radius 3 is 2.00 bits per heavy atom. The van der Waals surface area contributed by atoms with Gasteiger partial charge in [0.05, 0.1) is 25.5 Å². The topological polar surface area (TPSA) is 212 Å². The molecule has 1 amide bonds. The highest BCUT2D eigenvalue weighted by atomic mass is 16.7. The maximum absolute atomic E-state index is 12.7. The van der Waals surface area contributed by atoms with Crippen LogP contribution in [0.4, 0.5) is 4.79 Å². The standard InChI is InChI=1S/C38H39NO13/c1-49-36(47)35-28(17-33(43)44)27(16-32(41)42)29(18-34(45)46)37(52-35)51-31-15-21(12-13-22(31)19-40)7-6-14-39-38(48)50-20-30-25-10-4-2-8-23(25)24-9-3-5-11-26(24)30/h2-5,8-13,15,19,27-30,35,37H,6-7,14,16-18,20H2,1H3,(H,39,48)(H,41,42)(H,43,44)(H,45,46)/t27-,28-,29+,35-,37+/m0/s1. The normalized spacial score (nSPS) is 20.5. The van der Waals surface area contributed by atoms with Gasteiger partial charge in [0.25, 0.3) is 0 Å². The Morgan fingerprint density at radius 2 is 1.40 bits per heavy atom. The summed E-state index contributed by atoms with van der Waals surface area (Å²) < 4.78 is 22.3. The number of carboxylic acids is 3. The van der Waals surface area contributed by atoms with E-state index in [1.807, 2.05) is 36.4 Å². The molecule has 5 atom stereocenters. The Labute approximate surface area is 298 Å². The number of amides is 1. The maximum atomic E-state index is 12.7. The Bertz CT molecular complexity index is 1780. The summed E-state index contributed by atoms with van der Waals surface area (Å²) in [5.41, 5.74) is 5.17. The predicted molar refractivity (Wildman–Crippen MR) is 182 cm³/mol. The molecule has 0 aromatic heterocycles. The minimum absolute atomic E-state index is 0.0215. The second kappa shape index (κ2) is 17.0. The number of alkyl carbamates (subject to hydrolysis) is 1. The van der Waals surface area contributed by atoms with E-state index < -0.39 is 79.4 Å². The number of nitrogens with one attached hydrogen (secondary N) is 1. The molecule has 2 aliphatic rings. The summed E-state index contributed by atoms with van der Waals surface area (Å²) in [6, 6.07) is 20.7. The van der Waals surface area contributed by atoms with Gasteiger partial charge >= 0.3 is 30.0 Å². The molecule has 0 radical (unpaired) electrons. The van der Waals surface area contributed by atoms with Gasteiger partial charge in [-0.3, -0.25) is 19.2 Å². The Balaban J connectivity index is 1.24. The lowest BCUT2D eigenvalue weighted by Gasteiger charge is -2.44. The number of fused-ring (bicyclic) bond motifs is 3. The maximum Gasteiger partial charge on any atom is 0.407 e. The SMILES string of the molecule is COC(=O)[C@H]1O[C@@H](Oc2cc(CCCNC(=O)OCC3c4ccccc4-c4ccccc43)ccc2C=O)[C@H](CC(=O)O)[C@@H](CC(=O)O)[C@@H]1CC(=O)O. The zero-order valence-electron chi connectivity index (χ0n) is 28.3. The average Bonchev–Trinajstić information content (AvgIpc) is 3.44. The summed E-state index contributed by atoms with van der Waals surface area (Å²) >= 11 is 0. The van der Waals surface area contributed by atoms with Gasteiger partial charge in [-0.2, -0.15) is 0 Å². The van der Waals surface area contributed by atoms with Crippen LogP contribution in [0.1, 0.15) is 58.6 Å². The fourth-order valence-electron chi connectivity index (χ4n) is 7.16. The highest BCUT2D eigenvalue weighted by Gasteiger charge is 2.52. The summed E-state index contributed by atoms with van der Waals surface area (Å²) in [4.78, 5) is 72.8. The highest BCUT2D eigenvalue weighted by molar-refractivity contribution is 5.80. The van der Waals surface area contributed by atoms with Gasteiger partial charge in [-0.25, -0.2) is 9.59 Å². The Morgan fingerprint density at radius 1 is 0.808 bits per heavy atom. The van der Waals surface area contributed by atoms with E-state index in [1.54, 1.807) is 6.07 Å². The lowest BCUT2D eigenvalue weighted by molar-refractivity contribution is -0.233. The summed E-state index contributed by atoms with van der Waals surface area (Å²) in [5.74, 6) is -8.77. The molecule has 1 aliphatic carbocycles. The van der Waals surface area contributed by atoms with E-state index in [0.717, 1.165) is 29.4 Å². The summed E-state index contributed by atoms with van der Waals surface area (Å²) in [6.45, 7) is 0.429. The smallest absolute Gasteiger partial charge is 0.407 e. The molecule has 1 aliphatic heterocycles. The van der Waals surface area contributed by atoms with Gasteiger partial charge < -0.3 is 39.6 Å². The fraction of sp³-hybridized carbons (Fsp3) is 0.368. The third kappa shape index (κ3) is 8.75. The van der Waals surface area contributed by atoms with Gasteiger partial charge in [-0.05, 0) is 58.7 Å². The van der Waals surface area contributed by atoms with Gasteiger partial charge in [0.15, 0.2) is 12.4 Å². The van der Waals surface area contributed by atoms with Crippen molar-refractivity contribution in [3.63, 3.8) is 0 Å². The molecule has 0 saturated carbocycles. The zero-order valence-corrected chi connectivity index (χ0v) is 28.3. The number of hydrogen-bond donors (Lipinski definition) is 4. The van der Waals surface area contributed by atoms with Gasteiger partial charge in [-0.15, -0.1) is 0 Å². The van der Waals surface area contributed by atoms with Gasteiger partial charge in [-0.1, -0.05) is 54.6 Å². The number of hydrogen-bond acceptors (Lipinski definition) is 10. The molecular formula is C38H39NO13. The molecule has 5 rings (SSSR count). The first kappa shape index (κ1) is 37.5. The first-order chi connectivity index (χ1) is 25.0. The van der Waals surface area contributed by atoms with Crippen molar-refractivity contribution in [2.45, 2.75) is 50.4 Å². The number of rotatable bonds is 16. The van der Waals surface area contributed by atoms with Crippen molar-refractivity contribution in [1.82, 2.24) is 5.32 Å². The van der Waals surface area contributed by atoms with Crippen molar-refractivity contribution in [3.05, 3.63) is 89.0 Å². The summed E-state index contributed by atoms with van der Waals surface area (Å²) in [7, 11) is 1.05. The predicted octanol–water partition coefficient (Wildman–Crippen LogP) is 4.52. The lowest BCUT2D eigenvalue weighted by Crippen LogP contribution is -2.54. The van der Waals surface area contributed by atoms with Crippen LogP contribution in [0.3, 0.4) is 0 Å². The van der Waals surface area contributed by atoms with Crippen LogP contribution in [0.5, 0.6) is 5.75 Å². The van der Waals surface area contributed by atoms with Crippen molar-refractivity contribution >= 4 is 36.3 Å². The quantitative estimate of drug-likeness (QED) is 0.0913. The van der Waals surface area contributed by atoms with Crippen molar-refractivity contribution in [3.8, 4) is 16.9 Å². The third-order valence-corrected chi connectivity index (χ3v) is 9.49. The number of benzene rings is 3. The molecule has 274 valence electrons. The fourth-order valence-corrected chi connectivity index (χ4v) is 7.16. The van der Waals surface area contributed by atoms with Crippen molar-refractivity contribution in [2.24, 2.45) is 17.8 Å². The summed E-state index contributed by atoms with van der Waals surface area (Å²) in [5, 5.41) is 31.7. The molecule has 1 fully saturated rings. The first-order valence-electron chi connectivity index (χ1n) is 16.7. The van der Waals surface area contributed by atoms with E-state index in [-0.39, 0.29) is 30.4 Å². The van der Waals surface area contributed by atoms with Gasteiger partial charge in [0.1, 0.15) is 12.4 Å². The van der Waals surface area contributed by atoms with Crippen LogP contribution in [-0.2, 0) is 39.8 Å². The molecule has 14 heteroatoms. The Hall–Kier alpha value is -5.76. The lowest BCUT2D eigenvalue weighted by atomic mass is 9.71. The molecule has 14 nitrogen and oxygen atoms in total. The number of ether oxygens (including phenoxy) is 4. The van der Waals surface area contributed by atoms with Crippen LogP contribution in [0.15, 0.2) is 66.7 Å². The molecule has 52 heavy (non-hydrogen) atoms. The molecule has 1 heterocycles. The van der Waals surface area contributed by atoms with E-state index in [9.17, 15) is 44.1 Å². The monoisotopic (exact) mass is 717 g/mol. The average molecular weight is 718 g/mol. The minimum atomic E-state index is -1.59. The van der Waals surface area contributed by atoms with E-state index in [4.69, 9.17) is 18.9 Å². The number of carboxylic acid groups (broad SMARTS) is 3. The van der Waals surface area contributed by atoms with Crippen LogP contribution in [0.2, 0.25) is 0 Å². The van der Waals surface area contributed by atoms with Gasteiger partial charge in [0.2, 0.25) is 6.29 Å².